The smallest absolute Gasteiger partial charge is 0.359 e. The van der Waals surface area contributed by atoms with E-state index in [0.717, 1.165) is 20.9 Å². The minimum atomic E-state index is -1.30. The maximum atomic E-state index is 12.8. The van der Waals surface area contributed by atoms with Crippen molar-refractivity contribution < 1.29 is 23.6 Å². The summed E-state index contributed by atoms with van der Waals surface area (Å²) in [6.07, 6.45) is 1.61. The summed E-state index contributed by atoms with van der Waals surface area (Å²) in [6.45, 7) is 1.55. The first kappa shape index (κ1) is 19.3. The Morgan fingerprint density at radius 3 is 2.81 bits per heavy atom. The van der Waals surface area contributed by atoms with Crippen LogP contribution < -0.4 is 5.11 Å². The van der Waals surface area contributed by atoms with Crippen molar-refractivity contribution in [3.8, 4) is 11.3 Å². The van der Waals surface area contributed by atoms with Crippen molar-refractivity contribution in [3.63, 3.8) is 0 Å². The molecule has 3 rings (SSSR count). The molecule has 2 aromatic rings. The van der Waals surface area contributed by atoms with Crippen LogP contribution >= 0.6 is 46.6 Å². The molecule has 26 heavy (non-hydrogen) atoms. The van der Waals surface area contributed by atoms with Gasteiger partial charge in [-0.3, -0.25) is 0 Å². The number of carbonyl (C=O) groups excluding carboxylic acids is 2. The molecule has 0 aliphatic carbocycles. The number of carboxylic acid groups (broad SMARTS) is 1. The number of aliphatic carboxylic acids is 1. The van der Waals surface area contributed by atoms with Crippen LogP contribution in [0.5, 0.6) is 0 Å². The lowest BCUT2D eigenvalue weighted by Crippen LogP contribution is -2.56. The number of hydrogen-bond acceptors (Lipinski definition) is 6. The third kappa shape index (κ3) is 3.64. The maximum Gasteiger partial charge on any atom is 0.359 e. The second kappa shape index (κ2) is 7.63. The molecule has 0 spiro atoms. The number of nitrogens with zero attached hydrogens (tertiary/aromatic N) is 1. The molecule has 134 valence electrons. The number of carboxylic acids is 1. The van der Waals surface area contributed by atoms with Crippen LogP contribution in [0, 0.1) is 3.57 Å². The Hall–Kier alpha value is -1.49. The number of rotatable bonds is 5. The van der Waals surface area contributed by atoms with Gasteiger partial charge in [-0.15, -0.1) is 0 Å². The first-order valence-electron chi connectivity index (χ1n) is 7.77. The van der Waals surface area contributed by atoms with Crippen LogP contribution in [0.3, 0.4) is 0 Å². The van der Waals surface area contributed by atoms with Gasteiger partial charge in [-0.05, 0) is 77.8 Å². The molecule has 1 aliphatic rings. The quantitative estimate of drug-likeness (QED) is 0.273. The summed E-state index contributed by atoms with van der Waals surface area (Å²) in [4.78, 5) is 24.2. The van der Waals surface area contributed by atoms with E-state index in [1.165, 1.54) is 0 Å². The van der Waals surface area contributed by atoms with Crippen LogP contribution in [-0.4, -0.2) is 33.8 Å². The zero-order valence-electron chi connectivity index (χ0n) is 13.7. The summed E-state index contributed by atoms with van der Waals surface area (Å²) >= 11 is 8.63. The lowest BCUT2D eigenvalue weighted by Gasteiger charge is -2.28. The van der Waals surface area contributed by atoms with Gasteiger partial charge in [0.1, 0.15) is 23.0 Å². The lowest BCUT2D eigenvalue weighted by atomic mass is 10.2. The molecule has 2 heterocycles. The van der Waals surface area contributed by atoms with Crippen molar-refractivity contribution in [2.45, 2.75) is 6.92 Å². The number of furan rings is 1. The molecule has 1 unspecified atom stereocenters. The van der Waals surface area contributed by atoms with Crippen molar-refractivity contribution in [2.75, 3.05) is 13.1 Å². The van der Waals surface area contributed by atoms with Crippen LogP contribution in [-0.2, 0) is 9.59 Å². The molecule has 0 saturated carbocycles. The van der Waals surface area contributed by atoms with Gasteiger partial charge in [0.05, 0.1) is 12.5 Å². The molecule has 0 radical (unpaired) electrons. The molecule has 1 atom stereocenters. The molecule has 1 aromatic heterocycles. The van der Waals surface area contributed by atoms with E-state index in [9.17, 15) is 14.7 Å². The monoisotopic (exact) mass is 499 g/mol. The molecule has 5 nitrogen and oxygen atoms in total. The number of thiocarbonyl (C=S) groups is 1. The van der Waals surface area contributed by atoms with Gasteiger partial charge in [0, 0.05) is 15.2 Å². The highest BCUT2D eigenvalue weighted by Crippen LogP contribution is 2.38. The van der Waals surface area contributed by atoms with Gasteiger partial charge >= 0.3 is 5.91 Å². The Kier molecular flexibility index (Phi) is 5.66. The average Bonchev–Trinajstić information content (AvgIpc) is 3.14. The number of hydrogen-bond donors (Lipinski definition) is 0. The molecule has 1 fully saturated rings. The Bertz CT molecular complexity index is 937. The van der Waals surface area contributed by atoms with Gasteiger partial charge in [0.2, 0.25) is 4.32 Å². The van der Waals surface area contributed by atoms with E-state index in [0.29, 0.717) is 20.7 Å². The summed E-state index contributed by atoms with van der Waals surface area (Å²) in [5, 5.41) is 11.1. The summed E-state index contributed by atoms with van der Waals surface area (Å²) in [5.74, 6) is -0.427. The summed E-state index contributed by atoms with van der Waals surface area (Å²) in [5.41, 5.74) is 0.943. The molecule has 1 aliphatic heterocycles. The lowest BCUT2D eigenvalue weighted by molar-refractivity contribution is -0.746. The fourth-order valence-electron chi connectivity index (χ4n) is 2.71. The maximum absolute atomic E-state index is 12.8. The van der Waals surface area contributed by atoms with Crippen molar-refractivity contribution in [1.29, 1.82) is 0 Å². The summed E-state index contributed by atoms with van der Waals surface area (Å²) in [7, 11) is 0. The molecule has 0 N–H and O–H groups in total. The van der Waals surface area contributed by atoms with Crippen LogP contribution in [0.4, 0.5) is 0 Å². The van der Waals surface area contributed by atoms with Gasteiger partial charge < -0.3 is 14.3 Å². The molecule has 8 heteroatoms. The second-order valence-electron chi connectivity index (χ2n) is 5.71. The predicted octanol–water partition coefficient (Wildman–Crippen LogP) is 3.04. The van der Waals surface area contributed by atoms with Crippen molar-refractivity contribution >= 4 is 68.8 Å². The van der Waals surface area contributed by atoms with Crippen molar-refractivity contribution in [2.24, 2.45) is 0 Å². The summed E-state index contributed by atoms with van der Waals surface area (Å²) < 4.78 is 6.83. The SMILES string of the molecule is CC[N+]1(CC(=O)[O-])C(=O)C(=Cc2ccc(-c3cccc(I)c3)o2)SC1=S. The zero-order chi connectivity index (χ0) is 18.9. The van der Waals surface area contributed by atoms with Gasteiger partial charge in [-0.25, -0.2) is 9.28 Å². The Labute approximate surface area is 173 Å². The van der Waals surface area contributed by atoms with E-state index in [4.69, 9.17) is 16.6 Å². The van der Waals surface area contributed by atoms with Crippen molar-refractivity contribution in [3.05, 3.63) is 50.6 Å². The van der Waals surface area contributed by atoms with Crippen LogP contribution in [0.15, 0.2) is 45.7 Å². The van der Waals surface area contributed by atoms with E-state index >= 15 is 0 Å². The number of quaternary nitrogens is 1. The highest BCUT2D eigenvalue weighted by atomic mass is 127. The predicted molar refractivity (Wildman–Crippen MR) is 111 cm³/mol. The van der Waals surface area contributed by atoms with Crippen LogP contribution in [0.25, 0.3) is 17.4 Å². The third-order valence-electron chi connectivity index (χ3n) is 4.09. The number of thioether (sulfide) groups is 1. The standard InChI is InChI=1S/C18H14INO4S2/c1-2-20(10-16(21)22)17(23)15(26-18(20)25)9-13-6-7-14(24-13)11-4-3-5-12(19)8-11/h3-9H,2,10H2,1H3. The van der Waals surface area contributed by atoms with Crippen molar-refractivity contribution in [1.82, 2.24) is 0 Å². The molecule has 1 saturated heterocycles. The number of halogens is 1. The molecule has 0 bridgehead atoms. The normalized spacial score (nSPS) is 21.5. The largest absolute Gasteiger partial charge is 0.544 e. The Morgan fingerprint density at radius 2 is 2.15 bits per heavy atom. The Morgan fingerprint density at radius 1 is 1.38 bits per heavy atom. The Balaban J connectivity index is 1.91. The topological polar surface area (TPSA) is 70.3 Å². The van der Waals surface area contributed by atoms with E-state index in [1.54, 1.807) is 19.1 Å². The van der Waals surface area contributed by atoms with Gasteiger partial charge in [-0.1, -0.05) is 12.1 Å². The number of likely N-dealkylation sites (N-methyl/N-ethyl adjacent to an activating group) is 1. The van der Waals surface area contributed by atoms with E-state index < -0.39 is 17.0 Å². The molecule has 1 amide bonds. The molecular formula is C18H14INO4S2. The van der Waals surface area contributed by atoms with Gasteiger partial charge in [0.25, 0.3) is 0 Å². The molecular weight excluding hydrogens is 485 g/mol. The fraction of sp³-hybridized carbons (Fsp3) is 0.167. The first-order valence-corrected chi connectivity index (χ1v) is 10.1. The average molecular weight is 499 g/mol. The molecule has 1 aromatic carbocycles. The second-order valence-corrected chi connectivity index (χ2v) is 8.63. The van der Waals surface area contributed by atoms with E-state index in [1.807, 2.05) is 30.3 Å². The number of amides is 1. The minimum Gasteiger partial charge on any atom is -0.544 e. The zero-order valence-corrected chi connectivity index (χ0v) is 17.5. The van der Waals surface area contributed by atoms with Gasteiger partial charge in [-0.2, -0.15) is 0 Å². The van der Waals surface area contributed by atoms with Crippen LogP contribution in [0.2, 0.25) is 0 Å². The number of carbonyl (C=O) groups is 2. The van der Waals surface area contributed by atoms with Crippen LogP contribution in [0.1, 0.15) is 12.7 Å². The highest BCUT2D eigenvalue weighted by Gasteiger charge is 2.50. The van der Waals surface area contributed by atoms with Gasteiger partial charge in [0.15, 0.2) is 0 Å². The fourth-order valence-corrected chi connectivity index (χ4v) is 4.87. The number of benzene rings is 1. The van der Waals surface area contributed by atoms with E-state index in [2.05, 4.69) is 22.6 Å². The highest BCUT2D eigenvalue weighted by molar-refractivity contribution is 14.1. The summed E-state index contributed by atoms with van der Waals surface area (Å²) in [6, 6.07) is 11.5. The third-order valence-corrected chi connectivity index (χ3v) is 6.40. The van der Waals surface area contributed by atoms with E-state index in [-0.39, 0.29) is 12.5 Å². The minimum absolute atomic E-state index is 0.266. The first-order chi connectivity index (χ1) is 12.4.